The van der Waals surface area contributed by atoms with Crippen LogP contribution < -0.4 is 5.32 Å². The molecule has 0 radical (unpaired) electrons. The molecular weight excluding hydrogens is 364 g/mol. The van der Waals surface area contributed by atoms with Gasteiger partial charge >= 0.3 is 0 Å². The maximum Gasteiger partial charge on any atom is 0.101 e. The highest BCUT2D eigenvalue weighted by Gasteiger charge is 2.04. The van der Waals surface area contributed by atoms with E-state index in [1.165, 1.54) is 4.88 Å². The molecule has 1 aromatic heterocycles. The molecular formula is C12H8Br2N2S. The molecule has 0 aliphatic rings. The third kappa shape index (κ3) is 3.09. The molecule has 0 saturated carbocycles. The van der Waals surface area contributed by atoms with Gasteiger partial charge in [0.25, 0.3) is 0 Å². The van der Waals surface area contributed by atoms with Crippen LogP contribution in [0, 0.1) is 11.3 Å². The Labute approximate surface area is 121 Å². The number of nitrogens with zero attached hydrogens (tertiary/aromatic N) is 1. The summed E-state index contributed by atoms with van der Waals surface area (Å²) >= 11 is 8.52. The van der Waals surface area contributed by atoms with Crippen molar-refractivity contribution < 1.29 is 0 Å². The molecule has 0 saturated heterocycles. The summed E-state index contributed by atoms with van der Waals surface area (Å²) in [5.74, 6) is 0. The van der Waals surface area contributed by atoms with E-state index >= 15 is 0 Å². The second-order valence-corrected chi connectivity index (χ2v) is 6.12. The predicted octanol–water partition coefficient (Wildman–Crippen LogP) is 4.76. The first kappa shape index (κ1) is 12.6. The average Bonchev–Trinajstić information content (AvgIpc) is 2.73. The Bertz CT molecular complexity index is 572. The third-order valence-electron chi connectivity index (χ3n) is 2.23. The van der Waals surface area contributed by atoms with Gasteiger partial charge in [-0.1, -0.05) is 15.9 Å². The molecule has 2 rings (SSSR count). The average molecular weight is 372 g/mol. The molecule has 17 heavy (non-hydrogen) atoms. The normalized spacial score (nSPS) is 9.94. The van der Waals surface area contributed by atoms with Gasteiger partial charge in [0.1, 0.15) is 6.07 Å². The van der Waals surface area contributed by atoms with Gasteiger partial charge in [-0.15, -0.1) is 11.3 Å². The minimum absolute atomic E-state index is 0.645. The molecule has 2 nitrogen and oxygen atoms in total. The van der Waals surface area contributed by atoms with Gasteiger partial charge in [0.15, 0.2) is 0 Å². The van der Waals surface area contributed by atoms with E-state index in [0.29, 0.717) is 12.1 Å². The van der Waals surface area contributed by atoms with Crippen molar-refractivity contribution in [2.45, 2.75) is 6.54 Å². The maximum absolute atomic E-state index is 9.04. The topological polar surface area (TPSA) is 35.8 Å². The molecule has 1 heterocycles. The van der Waals surface area contributed by atoms with Crippen molar-refractivity contribution in [3.8, 4) is 6.07 Å². The van der Waals surface area contributed by atoms with Crippen LogP contribution in [0.25, 0.3) is 0 Å². The lowest BCUT2D eigenvalue weighted by molar-refractivity contribution is 1.18. The van der Waals surface area contributed by atoms with E-state index in [1.807, 2.05) is 29.6 Å². The lowest BCUT2D eigenvalue weighted by Gasteiger charge is -2.07. The summed E-state index contributed by atoms with van der Waals surface area (Å²) in [6.45, 7) is 0.717. The highest BCUT2D eigenvalue weighted by atomic mass is 79.9. The van der Waals surface area contributed by atoms with Crippen LogP contribution in [0.15, 0.2) is 38.6 Å². The van der Waals surface area contributed by atoms with Crippen molar-refractivity contribution in [2.24, 2.45) is 0 Å². The zero-order chi connectivity index (χ0) is 12.3. The van der Waals surface area contributed by atoms with E-state index in [2.05, 4.69) is 43.2 Å². The highest BCUT2D eigenvalue weighted by Crippen LogP contribution is 2.25. The second kappa shape index (κ2) is 5.67. The number of thiophene rings is 1. The number of hydrogen-bond donors (Lipinski definition) is 1. The van der Waals surface area contributed by atoms with E-state index in [-0.39, 0.29) is 0 Å². The fourth-order valence-electron chi connectivity index (χ4n) is 1.39. The number of halogens is 2. The van der Waals surface area contributed by atoms with Crippen molar-refractivity contribution in [1.29, 1.82) is 5.26 Å². The smallest absolute Gasteiger partial charge is 0.101 e. The van der Waals surface area contributed by atoms with E-state index in [0.717, 1.165) is 14.6 Å². The monoisotopic (exact) mass is 370 g/mol. The van der Waals surface area contributed by atoms with Crippen LogP contribution in [-0.4, -0.2) is 0 Å². The molecule has 0 atom stereocenters. The van der Waals surface area contributed by atoms with E-state index in [9.17, 15) is 0 Å². The summed E-state index contributed by atoms with van der Waals surface area (Å²) in [6, 6.07) is 9.84. The van der Waals surface area contributed by atoms with Crippen LogP contribution >= 0.6 is 43.2 Å². The molecule has 86 valence electrons. The molecule has 0 aliphatic heterocycles. The largest absolute Gasteiger partial charge is 0.379 e. The molecule has 1 N–H and O–H groups in total. The molecule has 0 bridgehead atoms. The molecule has 5 heteroatoms. The Hall–Kier alpha value is -0.830. The van der Waals surface area contributed by atoms with Gasteiger partial charge in [-0.05, 0) is 45.6 Å². The molecule has 0 fully saturated rings. The molecule has 0 aliphatic carbocycles. The number of nitrogens with one attached hydrogen (secondary N) is 1. The summed E-state index contributed by atoms with van der Waals surface area (Å²) in [6.07, 6.45) is 0. The number of nitriles is 1. The van der Waals surface area contributed by atoms with E-state index in [4.69, 9.17) is 5.26 Å². The Kier molecular flexibility index (Phi) is 4.21. The number of anilines is 1. The van der Waals surface area contributed by atoms with Crippen molar-refractivity contribution in [1.82, 2.24) is 0 Å². The Morgan fingerprint density at radius 1 is 1.29 bits per heavy atom. The molecule has 0 spiro atoms. The van der Waals surface area contributed by atoms with Crippen LogP contribution in [0.4, 0.5) is 5.69 Å². The Morgan fingerprint density at radius 2 is 2.12 bits per heavy atom. The van der Waals surface area contributed by atoms with Gasteiger partial charge in [-0.25, -0.2) is 0 Å². The van der Waals surface area contributed by atoms with Gasteiger partial charge in [0, 0.05) is 13.8 Å². The summed E-state index contributed by atoms with van der Waals surface area (Å²) < 4.78 is 2.02. The van der Waals surface area contributed by atoms with Crippen molar-refractivity contribution >= 4 is 48.9 Å². The first-order chi connectivity index (χ1) is 8.20. The van der Waals surface area contributed by atoms with Gasteiger partial charge < -0.3 is 5.32 Å². The van der Waals surface area contributed by atoms with E-state index < -0.39 is 0 Å². The molecule has 1 aromatic carbocycles. The summed E-state index contributed by atoms with van der Waals surface area (Å²) in [5, 5.41) is 14.3. The minimum atomic E-state index is 0.645. The lowest BCUT2D eigenvalue weighted by atomic mass is 10.2. The van der Waals surface area contributed by atoms with Gasteiger partial charge in [-0.2, -0.15) is 5.26 Å². The van der Waals surface area contributed by atoms with Crippen molar-refractivity contribution in [2.75, 3.05) is 5.32 Å². The quantitative estimate of drug-likeness (QED) is 0.844. The van der Waals surface area contributed by atoms with Crippen LogP contribution in [0.2, 0.25) is 0 Å². The first-order valence-corrected chi connectivity index (χ1v) is 7.32. The van der Waals surface area contributed by atoms with Crippen LogP contribution in [0.3, 0.4) is 0 Å². The number of rotatable bonds is 3. The fourth-order valence-corrected chi connectivity index (χ4v) is 3.18. The fraction of sp³-hybridized carbons (Fsp3) is 0.0833. The second-order valence-electron chi connectivity index (χ2n) is 3.35. The SMILES string of the molecule is N#Cc1cc(Br)ccc1NCc1sccc1Br. The predicted molar refractivity (Wildman–Crippen MR) is 78.2 cm³/mol. The standard InChI is InChI=1S/C12H8Br2N2S/c13-9-1-2-11(8(5-9)6-15)16-7-12-10(14)3-4-17-12/h1-5,16H,7H2. The van der Waals surface area contributed by atoms with Gasteiger partial charge in [0.2, 0.25) is 0 Å². The molecule has 0 unspecified atom stereocenters. The first-order valence-electron chi connectivity index (χ1n) is 4.86. The zero-order valence-corrected chi connectivity index (χ0v) is 12.7. The van der Waals surface area contributed by atoms with Crippen LogP contribution in [0.5, 0.6) is 0 Å². The molecule has 2 aromatic rings. The van der Waals surface area contributed by atoms with Crippen molar-refractivity contribution in [3.63, 3.8) is 0 Å². The van der Waals surface area contributed by atoms with Crippen LogP contribution in [0.1, 0.15) is 10.4 Å². The highest BCUT2D eigenvalue weighted by molar-refractivity contribution is 9.10. The lowest BCUT2D eigenvalue weighted by Crippen LogP contribution is -2.00. The number of hydrogen-bond acceptors (Lipinski definition) is 3. The van der Waals surface area contributed by atoms with Crippen molar-refractivity contribution in [3.05, 3.63) is 49.0 Å². The van der Waals surface area contributed by atoms with Gasteiger partial charge in [0.05, 0.1) is 17.8 Å². The summed E-state index contributed by atoms with van der Waals surface area (Å²) in [5.41, 5.74) is 1.50. The summed E-state index contributed by atoms with van der Waals surface area (Å²) in [4.78, 5) is 1.22. The van der Waals surface area contributed by atoms with Crippen LogP contribution in [-0.2, 0) is 6.54 Å². The van der Waals surface area contributed by atoms with E-state index in [1.54, 1.807) is 11.3 Å². The minimum Gasteiger partial charge on any atom is -0.379 e. The zero-order valence-electron chi connectivity index (χ0n) is 8.71. The number of benzene rings is 1. The third-order valence-corrected chi connectivity index (χ3v) is 4.65. The summed E-state index contributed by atoms with van der Waals surface area (Å²) in [7, 11) is 0. The Morgan fingerprint density at radius 3 is 2.76 bits per heavy atom. The molecule has 0 amide bonds. The maximum atomic E-state index is 9.04. The Balaban J connectivity index is 2.15. The van der Waals surface area contributed by atoms with Gasteiger partial charge in [-0.3, -0.25) is 0 Å².